The minimum Gasteiger partial charge on any atom is -0.479 e. The van der Waals surface area contributed by atoms with E-state index >= 15 is 0 Å². The van der Waals surface area contributed by atoms with E-state index in [0.29, 0.717) is 29.5 Å². The SMILES string of the molecule is CCC1CCCC/C=C\[C@@H]2CC2NC(=O)C2C[C@@H](Oc3nnc(OC)c4ccccc34)CN2C(=O)[C@H]1NC(=O)OC(C)(C)C(F)(F)F. The van der Waals surface area contributed by atoms with Gasteiger partial charge in [-0.05, 0) is 63.5 Å². The van der Waals surface area contributed by atoms with Crippen LogP contribution in [-0.2, 0) is 14.3 Å². The topological polar surface area (TPSA) is 132 Å². The van der Waals surface area contributed by atoms with Gasteiger partial charge in [-0.25, -0.2) is 4.79 Å². The minimum absolute atomic E-state index is 0.0232. The van der Waals surface area contributed by atoms with Crippen molar-refractivity contribution < 1.29 is 41.8 Å². The molecule has 11 nitrogen and oxygen atoms in total. The fourth-order valence-corrected chi connectivity index (χ4v) is 6.25. The first-order chi connectivity index (χ1) is 22.3. The average molecular weight is 662 g/mol. The first-order valence-electron chi connectivity index (χ1n) is 16.1. The molecule has 0 spiro atoms. The summed E-state index contributed by atoms with van der Waals surface area (Å²) in [6, 6.07) is 5.00. The number of nitrogens with one attached hydrogen (secondary N) is 2. The molecule has 14 heteroatoms. The fraction of sp³-hybridized carbons (Fsp3) is 0.606. The van der Waals surface area contributed by atoms with Gasteiger partial charge in [0.2, 0.25) is 29.2 Å². The normalized spacial score (nSPS) is 27.9. The Morgan fingerprint density at radius 3 is 2.47 bits per heavy atom. The Balaban J connectivity index is 1.45. The number of hydrogen-bond donors (Lipinski definition) is 2. The lowest BCUT2D eigenvalue weighted by molar-refractivity contribution is -0.244. The third kappa shape index (κ3) is 7.73. The number of rotatable bonds is 6. The summed E-state index contributed by atoms with van der Waals surface area (Å²) >= 11 is 0. The number of alkyl carbamates (subject to hydrolysis) is 1. The second-order valence-corrected chi connectivity index (χ2v) is 13.0. The van der Waals surface area contributed by atoms with E-state index in [4.69, 9.17) is 14.2 Å². The number of carbonyl (C=O) groups excluding carboxylic acids is 3. The van der Waals surface area contributed by atoms with E-state index in [9.17, 15) is 27.6 Å². The highest BCUT2D eigenvalue weighted by atomic mass is 19.4. The molecule has 1 aromatic carbocycles. The molecule has 256 valence electrons. The molecule has 3 aliphatic rings. The van der Waals surface area contributed by atoms with Crippen molar-refractivity contribution in [2.45, 2.75) is 102 Å². The van der Waals surface area contributed by atoms with Crippen molar-refractivity contribution >= 4 is 28.7 Å². The number of allylic oxidation sites excluding steroid dienone is 1. The Bertz CT molecular complexity index is 1500. The van der Waals surface area contributed by atoms with Crippen LogP contribution < -0.4 is 20.1 Å². The minimum atomic E-state index is -4.83. The van der Waals surface area contributed by atoms with Crippen LogP contribution in [0.4, 0.5) is 18.0 Å². The molecule has 47 heavy (non-hydrogen) atoms. The summed E-state index contributed by atoms with van der Waals surface area (Å²) in [6.45, 7) is 3.32. The molecule has 1 aliphatic carbocycles. The highest BCUT2D eigenvalue weighted by molar-refractivity contribution is 5.93. The monoisotopic (exact) mass is 661 g/mol. The number of alkyl halides is 3. The van der Waals surface area contributed by atoms with Crippen molar-refractivity contribution in [3.63, 3.8) is 0 Å². The standard InChI is InChI=1S/C33H42F3N5O6/c1-5-19-12-8-6-7-9-13-20-16-24(20)37-27(42)25-17-21(46-29-23-15-11-10-14-22(23)28(45-4)39-40-29)18-41(25)30(43)26(19)38-31(44)47-32(2,3)33(34,35)36/h9-11,13-15,19-21,24-26H,5-8,12,16-18H2,1-4H3,(H,37,42)(H,38,44)/b13-9-/t19?,20-,21-,24?,25?,26+/m1/s1. The van der Waals surface area contributed by atoms with Gasteiger partial charge in [0, 0.05) is 12.5 Å². The number of amides is 3. The molecule has 2 aliphatic heterocycles. The van der Waals surface area contributed by atoms with Crippen molar-refractivity contribution in [1.82, 2.24) is 25.7 Å². The second-order valence-electron chi connectivity index (χ2n) is 13.0. The number of methoxy groups -OCH3 is 1. The van der Waals surface area contributed by atoms with Crippen molar-refractivity contribution in [2.75, 3.05) is 13.7 Å². The van der Waals surface area contributed by atoms with Crippen molar-refractivity contribution in [3.05, 3.63) is 36.4 Å². The van der Waals surface area contributed by atoms with Gasteiger partial charge in [-0.2, -0.15) is 13.2 Å². The quantitative estimate of drug-likeness (QED) is 0.410. The van der Waals surface area contributed by atoms with Gasteiger partial charge < -0.3 is 29.7 Å². The van der Waals surface area contributed by atoms with Gasteiger partial charge in [-0.15, -0.1) is 10.2 Å². The van der Waals surface area contributed by atoms with Gasteiger partial charge in [0.05, 0.1) is 24.4 Å². The van der Waals surface area contributed by atoms with Crippen molar-refractivity contribution in [2.24, 2.45) is 11.8 Å². The molecule has 3 unspecified atom stereocenters. The third-order valence-corrected chi connectivity index (χ3v) is 9.25. The largest absolute Gasteiger partial charge is 0.479 e. The van der Waals surface area contributed by atoms with Gasteiger partial charge in [0.25, 0.3) is 0 Å². The van der Waals surface area contributed by atoms with E-state index in [1.807, 2.05) is 25.1 Å². The van der Waals surface area contributed by atoms with Crippen LogP contribution in [0.2, 0.25) is 0 Å². The Morgan fingerprint density at radius 1 is 1.09 bits per heavy atom. The summed E-state index contributed by atoms with van der Waals surface area (Å²) in [4.78, 5) is 42.4. The number of fused-ring (bicyclic) bond motifs is 3. The lowest BCUT2D eigenvalue weighted by atomic mass is 9.89. The average Bonchev–Trinajstić information content (AvgIpc) is 3.61. The Kier molecular flexibility index (Phi) is 10.2. The molecule has 5 rings (SSSR count). The van der Waals surface area contributed by atoms with E-state index in [1.54, 1.807) is 6.07 Å². The third-order valence-electron chi connectivity index (χ3n) is 9.25. The molecule has 1 aromatic heterocycles. The number of aromatic nitrogens is 2. The Labute approximate surface area is 271 Å². The van der Waals surface area contributed by atoms with E-state index in [1.165, 1.54) is 12.0 Å². The number of carbonyl (C=O) groups is 3. The van der Waals surface area contributed by atoms with Crippen molar-refractivity contribution in [3.8, 4) is 11.8 Å². The van der Waals surface area contributed by atoms with E-state index in [0.717, 1.165) is 39.5 Å². The van der Waals surface area contributed by atoms with Crippen LogP contribution in [0.15, 0.2) is 36.4 Å². The summed E-state index contributed by atoms with van der Waals surface area (Å²) in [5, 5.41) is 15.1. The fourth-order valence-electron chi connectivity index (χ4n) is 6.25. The number of ether oxygens (including phenoxy) is 3. The zero-order valence-corrected chi connectivity index (χ0v) is 27.0. The van der Waals surface area contributed by atoms with E-state index < -0.39 is 47.9 Å². The summed E-state index contributed by atoms with van der Waals surface area (Å²) < 4.78 is 57.1. The molecule has 0 bridgehead atoms. The second kappa shape index (κ2) is 13.9. The highest BCUT2D eigenvalue weighted by Crippen LogP contribution is 2.36. The maximum Gasteiger partial charge on any atom is 0.427 e. The summed E-state index contributed by atoms with van der Waals surface area (Å²) in [5.41, 5.74) is -2.79. The molecule has 1 saturated heterocycles. The predicted octanol–water partition coefficient (Wildman–Crippen LogP) is 5.08. The first kappa shape index (κ1) is 34.2. The zero-order valence-electron chi connectivity index (χ0n) is 27.0. The number of halogens is 3. The molecule has 6 atom stereocenters. The van der Waals surface area contributed by atoms with E-state index in [2.05, 4.69) is 33.0 Å². The lowest BCUT2D eigenvalue weighted by Crippen LogP contribution is -2.57. The molecule has 2 fully saturated rings. The van der Waals surface area contributed by atoms with E-state index in [-0.39, 0.29) is 36.7 Å². The van der Waals surface area contributed by atoms with Gasteiger partial charge >= 0.3 is 12.3 Å². The predicted molar refractivity (Wildman–Crippen MR) is 166 cm³/mol. The van der Waals surface area contributed by atoms with Crippen molar-refractivity contribution in [1.29, 1.82) is 0 Å². The smallest absolute Gasteiger partial charge is 0.427 e. The van der Waals surface area contributed by atoms with Gasteiger partial charge in [-0.3, -0.25) is 9.59 Å². The lowest BCUT2D eigenvalue weighted by Gasteiger charge is -2.34. The maximum absolute atomic E-state index is 14.4. The van der Waals surface area contributed by atoms with Crippen LogP contribution >= 0.6 is 0 Å². The number of benzene rings is 1. The molecule has 1 saturated carbocycles. The summed E-state index contributed by atoms with van der Waals surface area (Å²) in [5.74, 6) is -0.642. The Hall–Kier alpha value is -4.10. The highest BCUT2D eigenvalue weighted by Gasteiger charge is 2.52. The molecule has 2 aromatic rings. The van der Waals surface area contributed by atoms with Crippen LogP contribution in [0.25, 0.3) is 10.8 Å². The molecule has 2 N–H and O–H groups in total. The first-order valence-corrected chi connectivity index (χ1v) is 16.1. The van der Waals surface area contributed by atoms with Crippen LogP contribution in [0.5, 0.6) is 11.8 Å². The van der Waals surface area contributed by atoms with Crippen LogP contribution in [0.3, 0.4) is 0 Å². The molecular formula is C33H42F3N5O6. The molecule has 3 amide bonds. The van der Waals surface area contributed by atoms with Crippen LogP contribution in [0, 0.1) is 11.8 Å². The molecule has 0 radical (unpaired) electrons. The number of nitrogens with zero attached hydrogens (tertiary/aromatic N) is 3. The van der Waals surface area contributed by atoms with Gasteiger partial charge in [0.15, 0.2) is 0 Å². The zero-order chi connectivity index (χ0) is 33.9. The maximum atomic E-state index is 14.4. The Morgan fingerprint density at radius 2 is 1.79 bits per heavy atom. The van der Waals surface area contributed by atoms with Crippen LogP contribution in [0.1, 0.15) is 65.7 Å². The summed E-state index contributed by atoms with van der Waals surface area (Å²) in [7, 11) is 1.48. The molecule has 3 heterocycles. The van der Waals surface area contributed by atoms with Crippen LogP contribution in [-0.4, -0.2) is 82.7 Å². The summed E-state index contributed by atoms with van der Waals surface area (Å²) in [6.07, 6.45) is 1.65. The van der Waals surface area contributed by atoms with Gasteiger partial charge in [-0.1, -0.05) is 44.1 Å². The van der Waals surface area contributed by atoms with Gasteiger partial charge in [0.1, 0.15) is 18.2 Å². The molecular weight excluding hydrogens is 619 g/mol. The number of hydrogen-bond acceptors (Lipinski definition) is 8.